The van der Waals surface area contributed by atoms with Gasteiger partial charge in [-0.05, 0) is 98.6 Å². The van der Waals surface area contributed by atoms with Gasteiger partial charge in [0, 0.05) is 16.3 Å². The van der Waals surface area contributed by atoms with E-state index in [4.69, 9.17) is 16.6 Å². The topological polar surface area (TPSA) is 79.4 Å². The van der Waals surface area contributed by atoms with Gasteiger partial charge in [-0.25, -0.2) is 13.4 Å². The zero-order valence-corrected chi connectivity index (χ0v) is 24.0. The van der Waals surface area contributed by atoms with Gasteiger partial charge in [0.1, 0.15) is 11.6 Å². The van der Waals surface area contributed by atoms with Crippen molar-refractivity contribution in [2.24, 2.45) is 0 Å². The van der Waals surface area contributed by atoms with Crippen LogP contribution in [0.1, 0.15) is 16.7 Å². The van der Waals surface area contributed by atoms with Gasteiger partial charge in [0.2, 0.25) is 5.91 Å². The van der Waals surface area contributed by atoms with E-state index in [9.17, 15) is 13.2 Å². The summed E-state index contributed by atoms with van der Waals surface area (Å²) in [6.45, 7) is 5.29. The highest BCUT2D eigenvalue weighted by Crippen LogP contribution is 2.32. The third-order valence-electron chi connectivity index (χ3n) is 6.28. The monoisotopic (exact) mass is 575 g/mol. The van der Waals surface area contributed by atoms with Crippen molar-refractivity contribution in [2.75, 3.05) is 16.2 Å². The fourth-order valence-corrected chi connectivity index (χ4v) is 7.00. The average molecular weight is 576 g/mol. The second kappa shape index (κ2) is 10.8. The zero-order chi connectivity index (χ0) is 27.7. The molecule has 5 rings (SSSR count). The largest absolute Gasteiger partial charge is 0.325 e. The molecule has 1 aromatic heterocycles. The molecule has 198 valence electrons. The van der Waals surface area contributed by atoms with Crippen LogP contribution >= 0.6 is 22.9 Å². The summed E-state index contributed by atoms with van der Waals surface area (Å²) in [5.74, 6) is -0.469. The number of anilines is 2. The molecule has 0 aliphatic heterocycles. The molecule has 0 fully saturated rings. The standard InChI is InChI=1S/C30H26ClN3O3S2/c1-19-4-12-25(13-5-19)39(36,37)34(27-15-9-23(31)17-21(27)3)18-29(35)32-24-10-7-22(8-11-24)30-33-26-14-6-20(2)16-28(26)38-30/h4-17H,18H2,1-3H3,(H,32,35). The number of aromatic nitrogens is 1. The number of thiazole rings is 1. The molecule has 0 radical (unpaired) electrons. The minimum atomic E-state index is -4.03. The molecule has 39 heavy (non-hydrogen) atoms. The van der Waals surface area contributed by atoms with Crippen LogP contribution in [-0.4, -0.2) is 25.9 Å². The van der Waals surface area contributed by atoms with E-state index in [1.165, 1.54) is 5.56 Å². The number of rotatable bonds is 7. The first-order valence-electron chi connectivity index (χ1n) is 12.2. The Kier molecular flexibility index (Phi) is 7.44. The lowest BCUT2D eigenvalue weighted by Crippen LogP contribution is -2.38. The van der Waals surface area contributed by atoms with Gasteiger partial charge in [-0.2, -0.15) is 0 Å². The summed E-state index contributed by atoms with van der Waals surface area (Å²) in [6, 6.07) is 25.0. The van der Waals surface area contributed by atoms with E-state index in [0.29, 0.717) is 22.0 Å². The Labute approximate surface area is 237 Å². The first kappa shape index (κ1) is 26.9. The highest BCUT2D eigenvalue weighted by atomic mass is 35.5. The summed E-state index contributed by atoms with van der Waals surface area (Å²) in [6.07, 6.45) is 0. The molecule has 0 atom stereocenters. The quantitative estimate of drug-likeness (QED) is 0.220. The maximum atomic E-state index is 13.7. The maximum Gasteiger partial charge on any atom is 0.264 e. The van der Waals surface area contributed by atoms with Crippen molar-refractivity contribution in [2.45, 2.75) is 25.7 Å². The zero-order valence-electron chi connectivity index (χ0n) is 21.6. The van der Waals surface area contributed by atoms with Crippen molar-refractivity contribution in [3.63, 3.8) is 0 Å². The van der Waals surface area contributed by atoms with E-state index in [0.717, 1.165) is 30.7 Å². The number of hydrogen-bond donors (Lipinski definition) is 1. The Morgan fingerprint density at radius 1 is 0.897 bits per heavy atom. The highest BCUT2D eigenvalue weighted by molar-refractivity contribution is 7.92. The summed E-state index contributed by atoms with van der Waals surface area (Å²) < 4.78 is 29.6. The van der Waals surface area contributed by atoms with Crippen LogP contribution in [0.25, 0.3) is 20.8 Å². The SMILES string of the molecule is Cc1ccc(S(=O)(=O)N(CC(=O)Nc2ccc(-c3nc4ccc(C)cc4s3)cc2)c2ccc(Cl)cc2C)cc1. The number of sulfonamides is 1. The molecular formula is C30H26ClN3O3S2. The van der Waals surface area contributed by atoms with E-state index in [-0.39, 0.29) is 4.90 Å². The lowest BCUT2D eigenvalue weighted by Gasteiger charge is -2.26. The molecule has 0 spiro atoms. The van der Waals surface area contributed by atoms with Gasteiger partial charge in [-0.15, -0.1) is 11.3 Å². The summed E-state index contributed by atoms with van der Waals surface area (Å²) >= 11 is 7.73. The lowest BCUT2D eigenvalue weighted by atomic mass is 10.2. The van der Waals surface area contributed by atoms with Crippen LogP contribution in [-0.2, 0) is 14.8 Å². The molecule has 1 amide bonds. The van der Waals surface area contributed by atoms with E-state index < -0.39 is 22.5 Å². The van der Waals surface area contributed by atoms with Crippen LogP contribution in [0.15, 0.2) is 89.8 Å². The van der Waals surface area contributed by atoms with Crippen LogP contribution in [0, 0.1) is 20.8 Å². The smallest absolute Gasteiger partial charge is 0.264 e. The molecule has 1 N–H and O–H groups in total. The first-order chi connectivity index (χ1) is 18.6. The van der Waals surface area contributed by atoms with Crippen LogP contribution in [0.5, 0.6) is 0 Å². The van der Waals surface area contributed by atoms with Gasteiger partial charge in [0.15, 0.2) is 0 Å². The van der Waals surface area contributed by atoms with Gasteiger partial charge in [0.25, 0.3) is 10.0 Å². The average Bonchev–Trinajstić information content (AvgIpc) is 3.31. The van der Waals surface area contributed by atoms with Crippen molar-refractivity contribution in [3.8, 4) is 10.6 Å². The van der Waals surface area contributed by atoms with Gasteiger partial charge in [-0.3, -0.25) is 9.10 Å². The molecule has 0 saturated carbocycles. The van der Waals surface area contributed by atoms with Crippen molar-refractivity contribution in [3.05, 3.63) is 107 Å². The predicted molar refractivity (Wildman–Crippen MR) is 160 cm³/mol. The number of nitrogens with one attached hydrogen (secondary N) is 1. The number of carbonyl (C=O) groups is 1. The highest BCUT2D eigenvalue weighted by Gasteiger charge is 2.28. The molecule has 5 aromatic rings. The molecule has 0 aliphatic rings. The molecule has 6 nitrogen and oxygen atoms in total. The second-order valence-corrected chi connectivity index (χ2v) is 12.7. The van der Waals surface area contributed by atoms with Gasteiger partial charge in [-0.1, -0.05) is 35.4 Å². The molecule has 0 saturated heterocycles. The number of nitrogens with zero attached hydrogens (tertiary/aromatic N) is 2. The molecule has 4 aromatic carbocycles. The van der Waals surface area contributed by atoms with E-state index >= 15 is 0 Å². The summed E-state index contributed by atoms with van der Waals surface area (Å²) in [4.78, 5) is 18.0. The number of aryl methyl sites for hydroxylation is 3. The molecular weight excluding hydrogens is 550 g/mol. The van der Waals surface area contributed by atoms with E-state index in [1.54, 1.807) is 72.9 Å². The third-order valence-corrected chi connectivity index (χ3v) is 9.36. The molecule has 0 aliphatic carbocycles. The molecule has 0 unspecified atom stereocenters. The van der Waals surface area contributed by atoms with Crippen LogP contribution < -0.4 is 9.62 Å². The minimum Gasteiger partial charge on any atom is -0.325 e. The Morgan fingerprint density at radius 2 is 1.59 bits per heavy atom. The Bertz CT molecular complexity index is 1780. The number of fused-ring (bicyclic) bond motifs is 1. The predicted octanol–water partition coefficient (Wildman–Crippen LogP) is 7.38. The van der Waals surface area contributed by atoms with E-state index in [2.05, 4.69) is 18.3 Å². The van der Waals surface area contributed by atoms with Crippen LogP contribution in [0.2, 0.25) is 5.02 Å². The van der Waals surface area contributed by atoms with Crippen molar-refractivity contribution in [1.29, 1.82) is 0 Å². The summed E-state index contributed by atoms with van der Waals surface area (Å²) in [7, 11) is -4.03. The number of benzene rings is 4. The Balaban J connectivity index is 1.39. The summed E-state index contributed by atoms with van der Waals surface area (Å²) in [5.41, 5.74) is 5.59. The fourth-order valence-electron chi connectivity index (χ4n) is 4.22. The number of carbonyl (C=O) groups excluding carboxylic acids is 1. The fraction of sp³-hybridized carbons (Fsp3) is 0.133. The molecule has 0 bridgehead atoms. The van der Waals surface area contributed by atoms with Crippen molar-refractivity contribution >= 4 is 60.5 Å². The Morgan fingerprint density at radius 3 is 2.28 bits per heavy atom. The third kappa shape index (κ3) is 5.83. The normalized spacial score (nSPS) is 11.5. The molecule has 9 heteroatoms. The van der Waals surface area contributed by atoms with Crippen molar-refractivity contribution in [1.82, 2.24) is 4.98 Å². The maximum absolute atomic E-state index is 13.7. The van der Waals surface area contributed by atoms with Crippen LogP contribution in [0.3, 0.4) is 0 Å². The Hall–Kier alpha value is -3.72. The van der Waals surface area contributed by atoms with Gasteiger partial charge >= 0.3 is 0 Å². The van der Waals surface area contributed by atoms with Crippen LogP contribution in [0.4, 0.5) is 11.4 Å². The van der Waals surface area contributed by atoms with Gasteiger partial charge in [0.05, 0.1) is 20.8 Å². The second-order valence-electron chi connectivity index (χ2n) is 9.37. The number of hydrogen-bond acceptors (Lipinski definition) is 5. The number of amides is 1. The van der Waals surface area contributed by atoms with Gasteiger partial charge < -0.3 is 5.32 Å². The summed E-state index contributed by atoms with van der Waals surface area (Å²) in [5, 5.41) is 4.20. The molecule has 1 heterocycles. The van der Waals surface area contributed by atoms with Crippen molar-refractivity contribution < 1.29 is 13.2 Å². The lowest BCUT2D eigenvalue weighted by molar-refractivity contribution is -0.114. The van der Waals surface area contributed by atoms with E-state index in [1.807, 2.05) is 31.2 Å². The first-order valence-corrected chi connectivity index (χ1v) is 14.9. The minimum absolute atomic E-state index is 0.102. The number of halogens is 1.